The van der Waals surface area contributed by atoms with Gasteiger partial charge in [0.05, 0.1) is 11.8 Å². The van der Waals surface area contributed by atoms with Gasteiger partial charge in [-0.2, -0.15) is 13.2 Å². The molecule has 0 aliphatic carbocycles. The molecule has 0 bridgehead atoms. The number of carbonyl (C=O) groups excluding carboxylic acids is 2. The smallest absolute Gasteiger partial charge is 0.486 e. The van der Waals surface area contributed by atoms with Crippen LogP contribution in [0, 0.1) is 11.2 Å². The van der Waals surface area contributed by atoms with E-state index in [4.69, 9.17) is 30.5 Å². The van der Waals surface area contributed by atoms with Crippen molar-refractivity contribution in [3.8, 4) is 11.5 Å². The van der Waals surface area contributed by atoms with Gasteiger partial charge in [-0.25, -0.2) is 9.18 Å². The number of aromatic nitrogens is 1. The lowest BCUT2D eigenvalue weighted by Crippen LogP contribution is -2.45. The molecule has 1 unspecified atom stereocenters. The molecule has 238 valence electrons. The Hall–Kier alpha value is -5.93. The van der Waals surface area contributed by atoms with Crippen molar-refractivity contribution in [2.75, 3.05) is 18.5 Å². The quantitative estimate of drug-likeness (QED) is 0.0566. The van der Waals surface area contributed by atoms with E-state index in [9.17, 15) is 27.2 Å². The summed E-state index contributed by atoms with van der Waals surface area (Å²) in [6, 6.07) is 11.6. The summed E-state index contributed by atoms with van der Waals surface area (Å²) in [6.45, 7) is 7.72. The Morgan fingerprint density at radius 1 is 1.00 bits per heavy atom. The molecule has 0 spiro atoms. The number of nitrogens with one attached hydrogen (secondary N) is 4. The number of pyridine rings is 1. The van der Waals surface area contributed by atoms with E-state index < -0.39 is 35.8 Å². The average Bonchev–Trinajstić information content (AvgIpc) is 3.00. The molecule has 1 aromatic heterocycles. The maximum Gasteiger partial charge on any atom is 0.490 e. The van der Waals surface area contributed by atoms with Gasteiger partial charge in [-0.15, -0.1) is 0 Å². The Morgan fingerprint density at radius 2 is 1.60 bits per heavy atom. The summed E-state index contributed by atoms with van der Waals surface area (Å²) >= 11 is 0. The lowest BCUT2D eigenvalue weighted by molar-refractivity contribution is -0.192. The number of hydrazine groups is 1. The molecule has 3 rings (SSSR count). The van der Waals surface area contributed by atoms with Gasteiger partial charge in [-0.05, 0) is 48.0 Å². The van der Waals surface area contributed by atoms with E-state index in [1.807, 2.05) is 0 Å². The number of amidine groups is 1. The number of nitrogens with two attached hydrogens (primary N) is 1. The summed E-state index contributed by atoms with van der Waals surface area (Å²) in [5.74, 6) is -4.41. The van der Waals surface area contributed by atoms with Gasteiger partial charge >= 0.3 is 12.1 Å². The first kappa shape index (κ1) is 35.3. The largest absolute Gasteiger partial charge is 0.490 e. The van der Waals surface area contributed by atoms with Gasteiger partial charge in [-0.1, -0.05) is 31.4 Å². The molecule has 0 radical (unpaired) electrons. The van der Waals surface area contributed by atoms with Gasteiger partial charge in [0.1, 0.15) is 25.1 Å². The first-order valence-electron chi connectivity index (χ1n) is 12.6. The lowest BCUT2D eigenvalue weighted by Gasteiger charge is -2.22. The molecule has 0 saturated heterocycles. The monoisotopic (exact) mass is 632 g/mol. The highest BCUT2D eigenvalue weighted by atomic mass is 19.4. The number of aliphatic carboxylic acids is 1. The minimum absolute atomic E-state index is 0.101. The molecule has 2 amide bonds. The van der Waals surface area contributed by atoms with Gasteiger partial charge in [0.2, 0.25) is 0 Å². The van der Waals surface area contributed by atoms with Crippen molar-refractivity contribution >= 4 is 29.3 Å². The third-order valence-electron chi connectivity index (χ3n) is 5.34. The summed E-state index contributed by atoms with van der Waals surface area (Å²) in [5.41, 5.74) is 11.3. The number of carboxylic acids is 1. The number of carbonyl (C=O) groups is 3. The molecule has 0 fully saturated rings. The third-order valence-corrected chi connectivity index (χ3v) is 5.34. The van der Waals surface area contributed by atoms with Gasteiger partial charge in [0, 0.05) is 17.4 Å². The Balaban J connectivity index is 0.000000900. The minimum Gasteiger partial charge on any atom is -0.486 e. The maximum atomic E-state index is 13.9. The normalized spacial score (nSPS) is 11.0. The highest BCUT2D eigenvalue weighted by Gasteiger charge is 2.38. The SMILES string of the molecule is C=CCOc1ccc(C(Nc2ccc(C(=N)N)cc2)C(=O)NNC(=O)c2ccncc2F)cc1OCC=C.O=C(O)C(F)(F)F. The fraction of sp³-hybridized carbons (Fsp3) is 0.138. The van der Waals surface area contributed by atoms with Crippen molar-refractivity contribution in [1.29, 1.82) is 5.41 Å². The van der Waals surface area contributed by atoms with Crippen LogP contribution in [0.1, 0.15) is 27.5 Å². The number of ether oxygens (including phenoxy) is 2. The summed E-state index contributed by atoms with van der Waals surface area (Å²) in [6.07, 6.45) is 0.223. The standard InChI is InChI=1S/C27H27FN6O4.C2HF3O2/c1-3-13-37-22-10-7-18(15-23(22)38-14-4-2)24(32-19-8-5-17(6-9-19)25(29)30)27(36)34-33-26(35)20-11-12-31-16-21(20)28;3-2(4,5)1(6)7/h3-12,15-16,24,32H,1-2,13-14H2,(H3,29,30)(H,33,35)(H,34,36);(H,6,7). The van der Waals surface area contributed by atoms with Crippen LogP contribution in [0.4, 0.5) is 23.2 Å². The Labute approximate surface area is 254 Å². The number of amides is 2. The van der Waals surface area contributed by atoms with E-state index in [2.05, 4.69) is 34.3 Å². The zero-order chi connectivity index (χ0) is 33.6. The van der Waals surface area contributed by atoms with E-state index in [1.165, 1.54) is 12.3 Å². The summed E-state index contributed by atoms with van der Waals surface area (Å²) in [4.78, 5) is 38.2. The maximum absolute atomic E-state index is 13.9. The van der Waals surface area contributed by atoms with E-state index in [0.717, 1.165) is 6.20 Å². The molecule has 0 saturated carbocycles. The molecular weight excluding hydrogens is 604 g/mol. The average molecular weight is 633 g/mol. The van der Waals surface area contributed by atoms with E-state index in [0.29, 0.717) is 28.3 Å². The van der Waals surface area contributed by atoms with E-state index in [-0.39, 0.29) is 24.6 Å². The van der Waals surface area contributed by atoms with Crippen LogP contribution in [0.25, 0.3) is 0 Å². The predicted molar refractivity (Wildman–Crippen MR) is 155 cm³/mol. The second kappa shape index (κ2) is 16.6. The molecule has 3 aromatic rings. The molecule has 45 heavy (non-hydrogen) atoms. The molecule has 1 heterocycles. The van der Waals surface area contributed by atoms with Crippen LogP contribution >= 0.6 is 0 Å². The summed E-state index contributed by atoms with van der Waals surface area (Å²) < 4.78 is 57.0. The van der Waals surface area contributed by atoms with Crippen LogP contribution in [0.3, 0.4) is 0 Å². The fourth-order valence-electron chi connectivity index (χ4n) is 3.26. The van der Waals surface area contributed by atoms with E-state index >= 15 is 0 Å². The van der Waals surface area contributed by atoms with Crippen LogP contribution in [0.2, 0.25) is 0 Å². The lowest BCUT2D eigenvalue weighted by atomic mass is 10.0. The topological polar surface area (TPSA) is 189 Å². The van der Waals surface area contributed by atoms with Crippen LogP contribution in [-0.2, 0) is 9.59 Å². The van der Waals surface area contributed by atoms with Gasteiger partial charge in [-0.3, -0.25) is 30.8 Å². The Kier molecular flexibility index (Phi) is 13.0. The van der Waals surface area contributed by atoms with Crippen LogP contribution < -0.4 is 31.4 Å². The molecule has 0 aliphatic heterocycles. The Morgan fingerprint density at radius 3 is 2.13 bits per heavy atom. The summed E-state index contributed by atoms with van der Waals surface area (Å²) in [7, 11) is 0. The highest BCUT2D eigenvalue weighted by Crippen LogP contribution is 2.32. The third kappa shape index (κ3) is 11.0. The number of halogens is 4. The molecule has 7 N–H and O–H groups in total. The zero-order valence-electron chi connectivity index (χ0n) is 23.4. The molecule has 1 atom stereocenters. The second-order valence-electron chi connectivity index (χ2n) is 8.58. The Bertz CT molecular complexity index is 1530. The van der Waals surface area contributed by atoms with Gasteiger partial charge in [0.15, 0.2) is 17.3 Å². The highest BCUT2D eigenvalue weighted by molar-refractivity contribution is 5.97. The van der Waals surface area contributed by atoms with Gasteiger partial charge in [0.25, 0.3) is 11.8 Å². The number of hydrogen-bond donors (Lipinski definition) is 6. The van der Waals surface area contributed by atoms with Gasteiger partial charge < -0.3 is 25.6 Å². The van der Waals surface area contributed by atoms with Crippen LogP contribution in [0.15, 0.2) is 86.2 Å². The number of carboxylic acid groups (broad SMARTS) is 1. The van der Waals surface area contributed by atoms with Crippen molar-refractivity contribution in [2.24, 2.45) is 5.73 Å². The first-order valence-corrected chi connectivity index (χ1v) is 12.6. The van der Waals surface area contributed by atoms with Crippen molar-refractivity contribution in [3.05, 3.63) is 109 Å². The number of rotatable bonds is 12. The van der Waals surface area contributed by atoms with Crippen molar-refractivity contribution in [3.63, 3.8) is 0 Å². The molecular formula is C29H28F4N6O6. The van der Waals surface area contributed by atoms with Crippen molar-refractivity contribution in [1.82, 2.24) is 15.8 Å². The molecule has 12 nitrogen and oxygen atoms in total. The van der Waals surface area contributed by atoms with Crippen LogP contribution in [-0.4, -0.2) is 53.1 Å². The number of nitrogen functional groups attached to an aromatic ring is 1. The summed E-state index contributed by atoms with van der Waals surface area (Å²) in [5, 5.41) is 17.8. The molecule has 16 heteroatoms. The molecule has 0 aliphatic rings. The van der Waals surface area contributed by atoms with Crippen molar-refractivity contribution < 1.29 is 46.5 Å². The number of nitrogens with zero attached hydrogens (tertiary/aromatic N) is 1. The fourth-order valence-corrected chi connectivity index (χ4v) is 3.26. The van der Waals surface area contributed by atoms with Crippen molar-refractivity contribution in [2.45, 2.75) is 12.2 Å². The zero-order valence-corrected chi connectivity index (χ0v) is 23.4. The second-order valence-corrected chi connectivity index (χ2v) is 8.58. The number of hydrogen-bond acceptors (Lipinski definition) is 8. The van der Waals surface area contributed by atoms with Crippen LogP contribution in [0.5, 0.6) is 11.5 Å². The van der Waals surface area contributed by atoms with E-state index in [1.54, 1.807) is 54.6 Å². The predicted octanol–water partition coefficient (Wildman–Crippen LogP) is 3.88. The number of anilines is 1. The molecule has 2 aromatic carbocycles. The number of alkyl halides is 3. The minimum atomic E-state index is -5.08. The number of benzene rings is 2. The first-order chi connectivity index (χ1) is 21.3.